The van der Waals surface area contributed by atoms with Gasteiger partial charge in [0, 0.05) is 30.1 Å². The summed E-state index contributed by atoms with van der Waals surface area (Å²) in [6.07, 6.45) is 1.12. The van der Waals surface area contributed by atoms with E-state index in [1.165, 1.54) is 4.88 Å². The van der Waals surface area contributed by atoms with Gasteiger partial charge in [0.25, 0.3) is 0 Å². The maximum absolute atomic E-state index is 5.95. The van der Waals surface area contributed by atoms with Crippen LogP contribution in [0, 0.1) is 0 Å². The van der Waals surface area contributed by atoms with Crippen LogP contribution in [0.1, 0.15) is 18.2 Å². The van der Waals surface area contributed by atoms with Gasteiger partial charge in [-0.3, -0.25) is 4.90 Å². The Balaban J connectivity index is 1.78. The molecule has 0 saturated carbocycles. The maximum Gasteiger partial charge on any atom is 0.0931 e. The summed E-state index contributed by atoms with van der Waals surface area (Å²) >= 11 is 7.62. The SMILES string of the molecule is CC(CC1COCCN1)N(C)Cc1ccc(Cl)s1. The monoisotopic (exact) mass is 288 g/mol. The number of rotatable bonds is 5. The Morgan fingerprint density at radius 1 is 1.61 bits per heavy atom. The van der Waals surface area contributed by atoms with Gasteiger partial charge in [-0.2, -0.15) is 0 Å². The van der Waals surface area contributed by atoms with Crippen molar-refractivity contribution < 1.29 is 4.74 Å². The minimum Gasteiger partial charge on any atom is -0.379 e. The summed E-state index contributed by atoms with van der Waals surface area (Å²) in [7, 11) is 2.17. The van der Waals surface area contributed by atoms with Gasteiger partial charge in [-0.1, -0.05) is 11.6 Å². The van der Waals surface area contributed by atoms with E-state index in [0.29, 0.717) is 12.1 Å². The maximum atomic E-state index is 5.95. The van der Waals surface area contributed by atoms with Gasteiger partial charge in [-0.05, 0) is 32.5 Å². The van der Waals surface area contributed by atoms with Crippen molar-refractivity contribution in [3.8, 4) is 0 Å². The predicted molar refractivity (Wildman–Crippen MR) is 77.5 cm³/mol. The summed E-state index contributed by atoms with van der Waals surface area (Å²) in [6.45, 7) is 5.89. The standard InChI is InChI=1S/C13H21ClN2OS/c1-10(7-11-9-17-6-5-15-11)16(2)8-12-3-4-13(14)18-12/h3-4,10-11,15H,5-9H2,1-2H3. The van der Waals surface area contributed by atoms with Crippen molar-refractivity contribution >= 4 is 22.9 Å². The Morgan fingerprint density at radius 3 is 3.06 bits per heavy atom. The second-order valence-corrected chi connectivity index (χ2v) is 6.73. The van der Waals surface area contributed by atoms with Crippen LogP contribution in [0.2, 0.25) is 4.34 Å². The molecule has 2 rings (SSSR count). The number of ether oxygens (including phenoxy) is 1. The molecule has 1 aromatic heterocycles. The van der Waals surface area contributed by atoms with E-state index >= 15 is 0 Å². The third-order valence-corrected chi connectivity index (χ3v) is 4.63. The highest BCUT2D eigenvalue weighted by Gasteiger charge is 2.19. The molecular formula is C13H21ClN2OS. The minimum atomic E-state index is 0.489. The van der Waals surface area contributed by atoms with Gasteiger partial charge in [0.05, 0.1) is 17.6 Å². The van der Waals surface area contributed by atoms with Crippen LogP contribution in [-0.4, -0.2) is 43.8 Å². The molecule has 0 spiro atoms. The molecule has 1 aliphatic rings. The zero-order chi connectivity index (χ0) is 13.0. The molecule has 1 N–H and O–H groups in total. The summed E-state index contributed by atoms with van der Waals surface area (Å²) in [6, 6.07) is 5.10. The summed E-state index contributed by atoms with van der Waals surface area (Å²) in [4.78, 5) is 3.69. The lowest BCUT2D eigenvalue weighted by molar-refractivity contribution is 0.0639. The molecule has 0 aromatic carbocycles. The molecule has 2 unspecified atom stereocenters. The third-order valence-electron chi connectivity index (χ3n) is 3.41. The summed E-state index contributed by atoms with van der Waals surface area (Å²) < 4.78 is 6.36. The Labute approximate surface area is 118 Å². The number of nitrogens with one attached hydrogen (secondary N) is 1. The number of morpholine rings is 1. The highest BCUT2D eigenvalue weighted by Crippen LogP contribution is 2.23. The first-order chi connectivity index (χ1) is 8.65. The fraction of sp³-hybridized carbons (Fsp3) is 0.692. The van der Waals surface area contributed by atoms with E-state index in [1.54, 1.807) is 11.3 Å². The quantitative estimate of drug-likeness (QED) is 0.901. The average molecular weight is 289 g/mol. The normalized spacial score (nSPS) is 22.3. The highest BCUT2D eigenvalue weighted by atomic mass is 35.5. The predicted octanol–water partition coefficient (Wildman–Crippen LogP) is 2.60. The topological polar surface area (TPSA) is 24.5 Å². The van der Waals surface area contributed by atoms with Crippen LogP contribution in [0.15, 0.2) is 12.1 Å². The van der Waals surface area contributed by atoms with Crippen LogP contribution in [0.4, 0.5) is 0 Å². The molecular weight excluding hydrogens is 268 g/mol. The lowest BCUT2D eigenvalue weighted by atomic mass is 10.1. The Kier molecular flexibility index (Phi) is 5.45. The number of halogens is 1. The molecule has 18 heavy (non-hydrogen) atoms. The summed E-state index contributed by atoms with van der Waals surface area (Å²) in [5.41, 5.74) is 0. The first-order valence-electron chi connectivity index (χ1n) is 6.40. The first-order valence-corrected chi connectivity index (χ1v) is 7.60. The Bertz CT molecular complexity index is 366. The van der Waals surface area contributed by atoms with Crippen molar-refractivity contribution in [3.63, 3.8) is 0 Å². The second kappa shape index (κ2) is 6.87. The number of thiophene rings is 1. The van der Waals surface area contributed by atoms with Crippen molar-refractivity contribution in [3.05, 3.63) is 21.3 Å². The molecule has 2 heterocycles. The van der Waals surface area contributed by atoms with Crippen LogP contribution in [-0.2, 0) is 11.3 Å². The van der Waals surface area contributed by atoms with E-state index in [4.69, 9.17) is 16.3 Å². The molecule has 102 valence electrons. The molecule has 1 fully saturated rings. The van der Waals surface area contributed by atoms with E-state index in [0.717, 1.165) is 37.1 Å². The first kappa shape index (κ1) is 14.3. The van der Waals surface area contributed by atoms with Gasteiger partial charge in [0.2, 0.25) is 0 Å². The zero-order valence-corrected chi connectivity index (χ0v) is 12.6. The van der Waals surface area contributed by atoms with E-state index in [1.807, 2.05) is 6.07 Å². The van der Waals surface area contributed by atoms with Crippen molar-refractivity contribution in [2.24, 2.45) is 0 Å². The van der Waals surface area contributed by atoms with E-state index in [-0.39, 0.29) is 0 Å². The Hall–Kier alpha value is -0.130. The molecule has 3 nitrogen and oxygen atoms in total. The average Bonchev–Trinajstić information content (AvgIpc) is 2.76. The molecule has 2 atom stereocenters. The number of hydrogen-bond donors (Lipinski definition) is 1. The van der Waals surface area contributed by atoms with Gasteiger partial charge >= 0.3 is 0 Å². The second-order valence-electron chi connectivity index (χ2n) is 4.93. The fourth-order valence-corrected chi connectivity index (χ4v) is 3.35. The summed E-state index contributed by atoms with van der Waals surface area (Å²) in [5, 5.41) is 3.50. The summed E-state index contributed by atoms with van der Waals surface area (Å²) in [5.74, 6) is 0. The highest BCUT2D eigenvalue weighted by molar-refractivity contribution is 7.16. The van der Waals surface area contributed by atoms with Crippen LogP contribution in [0.3, 0.4) is 0 Å². The van der Waals surface area contributed by atoms with Gasteiger partial charge in [0.15, 0.2) is 0 Å². The molecule has 5 heteroatoms. The molecule has 0 amide bonds. The smallest absolute Gasteiger partial charge is 0.0931 e. The van der Waals surface area contributed by atoms with E-state index in [9.17, 15) is 0 Å². The van der Waals surface area contributed by atoms with Crippen LogP contribution in [0.25, 0.3) is 0 Å². The number of nitrogens with zero attached hydrogens (tertiary/aromatic N) is 1. The molecule has 0 radical (unpaired) electrons. The van der Waals surface area contributed by atoms with Crippen LogP contribution < -0.4 is 5.32 Å². The fourth-order valence-electron chi connectivity index (χ4n) is 2.20. The zero-order valence-electron chi connectivity index (χ0n) is 11.0. The molecule has 1 saturated heterocycles. The van der Waals surface area contributed by atoms with Gasteiger partial charge < -0.3 is 10.1 Å². The lowest BCUT2D eigenvalue weighted by Crippen LogP contribution is -2.45. The van der Waals surface area contributed by atoms with Gasteiger partial charge in [0.1, 0.15) is 0 Å². The van der Waals surface area contributed by atoms with Crippen LogP contribution in [0.5, 0.6) is 0 Å². The van der Waals surface area contributed by atoms with Crippen molar-refractivity contribution in [1.82, 2.24) is 10.2 Å². The van der Waals surface area contributed by atoms with Crippen molar-refractivity contribution in [2.45, 2.75) is 32.0 Å². The molecule has 1 aliphatic heterocycles. The van der Waals surface area contributed by atoms with Crippen molar-refractivity contribution in [2.75, 3.05) is 26.8 Å². The largest absolute Gasteiger partial charge is 0.379 e. The third kappa shape index (κ3) is 4.21. The Morgan fingerprint density at radius 2 is 2.44 bits per heavy atom. The van der Waals surface area contributed by atoms with E-state index in [2.05, 4.69) is 30.3 Å². The lowest BCUT2D eigenvalue weighted by Gasteiger charge is -2.30. The molecule has 0 aliphatic carbocycles. The number of hydrogen-bond acceptors (Lipinski definition) is 4. The van der Waals surface area contributed by atoms with Gasteiger partial charge in [-0.25, -0.2) is 0 Å². The van der Waals surface area contributed by atoms with E-state index < -0.39 is 0 Å². The molecule has 1 aromatic rings. The minimum absolute atomic E-state index is 0.489. The van der Waals surface area contributed by atoms with Crippen molar-refractivity contribution in [1.29, 1.82) is 0 Å². The van der Waals surface area contributed by atoms with Crippen LogP contribution >= 0.6 is 22.9 Å². The molecule has 0 bridgehead atoms. The van der Waals surface area contributed by atoms with Gasteiger partial charge in [-0.15, -0.1) is 11.3 Å².